The number of rotatable bonds is 5. The van der Waals surface area contributed by atoms with Crippen LogP contribution in [0.25, 0.3) is 0 Å². The van der Waals surface area contributed by atoms with Gasteiger partial charge in [-0.25, -0.2) is 0 Å². The van der Waals surface area contributed by atoms with E-state index in [1.807, 2.05) is 42.5 Å². The molecule has 2 aromatic rings. The SMILES string of the molecule is C[N+](C)(C)Cc1ccc(C(O)(c2ccccc2)C2CCCCC2)o1. The van der Waals surface area contributed by atoms with Gasteiger partial charge in [0.15, 0.2) is 5.76 Å². The summed E-state index contributed by atoms with van der Waals surface area (Å²) in [5.41, 5.74) is -0.0757. The quantitative estimate of drug-likeness (QED) is 0.830. The molecule has 0 spiro atoms. The number of aliphatic hydroxyl groups is 1. The van der Waals surface area contributed by atoms with E-state index in [0.29, 0.717) is 5.76 Å². The Morgan fingerprint density at radius 3 is 2.29 bits per heavy atom. The first-order chi connectivity index (χ1) is 11.4. The summed E-state index contributed by atoms with van der Waals surface area (Å²) in [6.07, 6.45) is 5.75. The Labute approximate surface area is 145 Å². The van der Waals surface area contributed by atoms with E-state index in [1.165, 1.54) is 19.3 Å². The summed E-state index contributed by atoms with van der Waals surface area (Å²) in [6.45, 7) is 0.815. The Kier molecular flexibility index (Phi) is 4.84. The van der Waals surface area contributed by atoms with Crippen molar-refractivity contribution in [2.45, 2.75) is 44.2 Å². The van der Waals surface area contributed by atoms with Gasteiger partial charge in [0.25, 0.3) is 0 Å². The minimum absolute atomic E-state index is 0.219. The zero-order valence-electron chi connectivity index (χ0n) is 15.2. The first-order valence-electron chi connectivity index (χ1n) is 9.07. The second-order valence-corrected chi connectivity index (χ2v) is 8.18. The number of hydrogen-bond donors (Lipinski definition) is 1. The maximum atomic E-state index is 11.8. The number of nitrogens with zero attached hydrogens (tertiary/aromatic N) is 1. The fourth-order valence-electron chi connectivity index (χ4n) is 3.93. The molecule has 0 saturated heterocycles. The van der Waals surface area contributed by atoms with Gasteiger partial charge in [-0.2, -0.15) is 0 Å². The van der Waals surface area contributed by atoms with Crippen molar-refractivity contribution in [2.75, 3.05) is 21.1 Å². The topological polar surface area (TPSA) is 33.4 Å². The molecule has 1 heterocycles. The molecule has 3 heteroatoms. The highest BCUT2D eigenvalue weighted by Gasteiger charge is 2.43. The molecule has 1 saturated carbocycles. The molecule has 1 aliphatic carbocycles. The normalized spacial score (nSPS) is 19.2. The molecule has 3 rings (SSSR count). The average Bonchev–Trinajstić information content (AvgIpc) is 3.02. The van der Waals surface area contributed by atoms with Crippen molar-refractivity contribution in [3.8, 4) is 0 Å². The van der Waals surface area contributed by atoms with Gasteiger partial charge in [0.05, 0.1) is 21.1 Å². The Hall–Kier alpha value is -1.58. The lowest BCUT2D eigenvalue weighted by Crippen LogP contribution is -2.37. The van der Waals surface area contributed by atoms with Crippen molar-refractivity contribution >= 4 is 0 Å². The van der Waals surface area contributed by atoms with Gasteiger partial charge in [-0.3, -0.25) is 0 Å². The van der Waals surface area contributed by atoms with Crippen molar-refractivity contribution < 1.29 is 14.0 Å². The van der Waals surface area contributed by atoms with E-state index in [-0.39, 0.29) is 5.92 Å². The Balaban J connectivity index is 1.99. The van der Waals surface area contributed by atoms with Crippen LogP contribution in [0.2, 0.25) is 0 Å². The number of quaternary nitrogens is 1. The standard InChI is InChI=1S/C21H30NO2/c1-22(2,3)16-19-14-15-20(24-19)21(23,17-10-6-4-7-11-17)18-12-8-5-9-13-18/h4,6-7,10-11,14-15,18,23H,5,8-9,12-13,16H2,1-3H3/q+1. The van der Waals surface area contributed by atoms with Crippen molar-refractivity contribution in [1.82, 2.24) is 0 Å². The van der Waals surface area contributed by atoms with Gasteiger partial charge in [-0.1, -0.05) is 49.6 Å². The predicted octanol–water partition coefficient (Wildman–Crippen LogP) is 4.30. The molecular weight excluding hydrogens is 298 g/mol. The van der Waals surface area contributed by atoms with Crippen LogP contribution in [0.1, 0.15) is 49.2 Å². The fraction of sp³-hybridized carbons (Fsp3) is 0.524. The lowest BCUT2D eigenvalue weighted by Gasteiger charge is -2.37. The van der Waals surface area contributed by atoms with Crippen LogP contribution in [0.5, 0.6) is 0 Å². The Morgan fingerprint density at radius 1 is 1.00 bits per heavy atom. The van der Waals surface area contributed by atoms with Gasteiger partial charge in [0.1, 0.15) is 17.9 Å². The van der Waals surface area contributed by atoms with E-state index in [9.17, 15) is 5.11 Å². The van der Waals surface area contributed by atoms with Crippen molar-refractivity contribution in [3.63, 3.8) is 0 Å². The minimum Gasteiger partial charge on any atom is -0.457 e. The van der Waals surface area contributed by atoms with E-state index < -0.39 is 5.60 Å². The molecule has 24 heavy (non-hydrogen) atoms. The highest BCUT2D eigenvalue weighted by molar-refractivity contribution is 5.33. The van der Waals surface area contributed by atoms with Gasteiger partial charge in [-0.15, -0.1) is 0 Å². The molecule has 0 amide bonds. The fourth-order valence-corrected chi connectivity index (χ4v) is 3.93. The highest BCUT2D eigenvalue weighted by Crippen LogP contribution is 2.44. The maximum absolute atomic E-state index is 11.8. The van der Waals surface area contributed by atoms with E-state index in [4.69, 9.17) is 4.42 Å². The monoisotopic (exact) mass is 328 g/mol. The van der Waals surface area contributed by atoms with Crippen LogP contribution in [-0.4, -0.2) is 30.7 Å². The number of furan rings is 1. The van der Waals surface area contributed by atoms with Crippen molar-refractivity contribution in [3.05, 3.63) is 59.5 Å². The van der Waals surface area contributed by atoms with Crippen molar-refractivity contribution in [2.24, 2.45) is 5.92 Å². The van der Waals surface area contributed by atoms with Gasteiger partial charge in [-0.05, 0) is 36.5 Å². The van der Waals surface area contributed by atoms with Crippen LogP contribution in [0, 0.1) is 5.92 Å². The largest absolute Gasteiger partial charge is 0.457 e. The third-order valence-electron chi connectivity index (χ3n) is 5.08. The summed E-state index contributed by atoms with van der Waals surface area (Å²) in [6, 6.07) is 14.0. The van der Waals surface area contributed by atoms with E-state index >= 15 is 0 Å². The number of benzene rings is 1. The molecule has 1 atom stereocenters. The van der Waals surface area contributed by atoms with E-state index in [1.54, 1.807) is 0 Å². The molecule has 0 bridgehead atoms. The molecule has 0 radical (unpaired) electrons. The van der Waals surface area contributed by atoms with Crippen LogP contribution < -0.4 is 0 Å². The highest BCUT2D eigenvalue weighted by atomic mass is 16.4. The average molecular weight is 328 g/mol. The van der Waals surface area contributed by atoms with Crippen LogP contribution in [0.15, 0.2) is 46.9 Å². The smallest absolute Gasteiger partial charge is 0.158 e. The first kappa shape index (κ1) is 17.2. The molecule has 0 aliphatic heterocycles. The molecule has 1 aromatic carbocycles. The van der Waals surface area contributed by atoms with Gasteiger partial charge in [0.2, 0.25) is 0 Å². The summed E-state index contributed by atoms with van der Waals surface area (Å²) in [5, 5.41) is 11.8. The third kappa shape index (κ3) is 3.57. The van der Waals surface area contributed by atoms with E-state index in [0.717, 1.165) is 35.2 Å². The maximum Gasteiger partial charge on any atom is 0.158 e. The molecule has 1 N–H and O–H groups in total. The first-order valence-corrected chi connectivity index (χ1v) is 9.07. The Bertz CT molecular complexity index is 650. The summed E-state index contributed by atoms with van der Waals surface area (Å²) < 4.78 is 6.97. The predicted molar refractivity (Wildman–Crippen MR) is 96.5 cm³/mol. The van der Waals surface area contributed by atoms with Gasteiger partial charge < -0.3 is 14.0 Å². The van der Waals surface area contributed by atoms with Gasteiger partial charge in [0, 0.05) is 0 Å². The van der Waals surface area contributed by atoms with E-state index in [2.05, 4.69) is 21.1 Å². The summed E-state index contributed by atoms with van der Waals surface area (Å²) in [5.74, 6) is 1.85. The lowest BCUT2D eigenvalue weighted by molar-refractivity contribution is -0.884. The molecule has 1 aromatic heterocycles. The molecule has 1 aliphatic rings. The lowest BCUT2D eigenvalue weighted by atomic mass is 9.72. The van der Waals surface area contributed by atoms with Gasteiger partial charge >= 0.3 is 0 Å². The third-order valence-corrected chi connectivity index (χ3v) is 5.08. The zero-order valence-corrected chi connectivity index (χ0v) is 15.2. The van der Waals surface area contributed by atoms with Crippen molar-refractivity contribution in [1.29, 1.82) is 0 Å². The van der Waals surface area contributed by atoms with Crippen LogP contribution in [-0.2, 0) is 12.1 Å². The molecule has 3 nitrogen and oxygen atoms in total. The summed E-state index contributed by atoms with van der Waals surface area (Å²) in [7, 11) is 6.44. The van der Waals surface area contributed by atoms with Crippen LogP contribution in [0.4, 0.5) is 0 Å². The summed E-state index contributed by atoms with van der Waals surface area (Å²) in [4.78, 5) is 0. The van der Waals surface area contributed by atoms with Crippen LogP contribution in [0.3, 0.4) is 0 Å². The zero-order chi connectivity index (χ0) is 17.2. The second kappa shape index (κ2) is 6.73. The molecule has 1 unspecified atom stereocenters. The Morgan fingerprint density at radius 2 is 1.67 bits per heavy atom. The molecular formula is C21H30NO2+. The molecule has 1 fully saturated rings. The number of hydrogen-bond acceptors (Lipinski definition) is 2. The summed E-state index contributed by atoms with van der Waals surface area (Å²) >= 11 is 0. The minimum atomic E-state index is -1.02. The second-order valence-electron chi connectivity index (χ2n) is 8.18. The molecule has 130 valence electrons. The van der Waals surface area contributed by atoms with Crippen LogP contribution >= 0.6 is 0 Å².